The zero-order chi connectivity index (χ0) is 20.2. The first-order chi connectivity index (χ1) is 14.7. The number of fused-ring (bicyclic) bond motifs is 3. The second kappa shape index (κ2) is 6.97. The van der Waals surface area contributed by atoms with Crippen LogP contribution in [0.3, 0.4) is 0 Å². The van der Waals surface area contributed by atoms with Gasteiger partial charge in [-0.3, -0.25) is 0 Å². The third-order valence-corrected chi connectivity index (χ3v) is 7.85. The van der Waals surface area contributed by atoms with Crippen molar-refractivity contribution in [1.29, 1.82) is 0 Å². The molecule has 0 spiro atoms. The highest BCUT2D eigenvalue weighted by Gasteiger charge is 2.33. The molecule has 30 heavy (non-hydrogen) atoms. The molecule has 0 saturated heterocycles. The fourth-order valence-corrected chi connectivity index (χ4v) is 6.17. The Hall–Kier alpha value is -2.61. The van der Waals surface area contributed by atoms with Crippen LogP contribution >= 0.6 is 0 Å². The molecule has 0 fully saturated rings. The van der Waals surface area contributed by atoms with Gasteiger partial charge in [0.25, 0.3) is 0 Å². The summed E-state index contributed by atoms with van der Waals surface area (Å²) < 4.78 is 2.60. The van der Waals surface area contributed by atoms with Crippen LogP contribution in [0.5, 0.6) is 0 Å². The SMILES string of the molecule is Cc1cccc2c1CCN2C1=CC2=C/C(=[N+]3\CCc4c(C)cccc43)CCC2CC1. The summed E-state index contributed by atoms with van der Waals surface area (Å²) in [4.78, 5) is 2.60. The van der Waals surface area contributed by atoms with Crippen LogP contribution in [0, 0.1) is 19.8 Å². The molecule has 0 N–H and O–H groups in total. The Kier molecular flexibility index (Phi) is 4.23. The number of nitrogens with zero attached hydrogens (tertiary/aromatic N) is 2. The molecule has 0 aromatic heterocycles. The Morgan fingerprint density at radius 1 is 0.833 bits per heavy atom. The highest BCUT2D eigenvalue weighted by molar-refractivity contribution is 5.94. The third kappa shape index (κ3) is 2.80. The molecule has 2 aliphatic heterocycles. The van der Waals surface area contributed by atoms with Crippen LogP contribution in [0.25, 0.3) is 0 Å². The highest BCUT2D eigenvalue weighted by atomic mass is 15.2. The van der Waals surface area contributed by atoms with E-state index in [1.165, 1.54) is 72.4 Å². The highest BCUT2D eigenvalue weighted by Crippen LogP contribution is 2.41. The van der Waals surface area contributed by atoms with Gasteiger partial charge in [-0.05, 0) is 79.9 Å². The van der Waals surface area contributed by atoms with Crippen molar-refractivity contribution >= 4 is 17.1 Å². The number of benzene rings is 2. The molecule has 6 rings (SSSR count). The molecular weight excluding hydrogens is 364 g/mol. The molecule has 2 aliphatic carbocycles. The number of hydrogen-bond acceptors (Lipinski definition) is 1. The molecule has 2 aromatic rings. The van der Waals surface area contributed by atoms with Crippen molar-refractivity contribution in [1.82, 2.24) is 0 Å². The van der Waals surface area contributed by atoms with Crippen molar-refractivity contribution in [3.63, 3.8) is 0 Å². The summed E-state index contributed by atoms with van der Waals surface area (Å²) in [6, 6.07) is 13.6. The first-order valence-electron chi connectivity index (χ1n) is 11.7. The fourth-order valence-electron chi connectivity index (χ4n) is 6.17. The van der Waals surface area contributed by atoms with Gasteiger partial charge in [-0.15, -0.1) is 0 Å². The summed E-state index contributed by atoms with van der Waals surface area (Å²) in [6.07, 6.45) is 12.5. The zero-order valence-corrected chi connectivity index (χ0v) is 18.2. The maximum atomic E-state index is 2.60. The molecule has 0 radical (unpaired) electrons. The van der Waals surface area contributed by atoms with E-state index in [1.807, 2.05) is 0 Å². The van der Waals surface area contributed by atoms with E-state index in [0.717, 1.165) is 19.0 Å². The van der Waals surface area contributed by atoms with Gasteiger partial charge in [-0.2, -0.15) is 4.58 Å². The average molecular weight is 396 g/mol. The van der Waals surface area contributed by atoms with E-state index in [1.54, 1.807) is 16.7 Å². The summed E-state index contributed by atoms with van der Waals surface area (Å²) in [5.41, 5.74) is 13.5. The van der Waals surface area contributed by atoms with Crippen LogP contribution in [0.2, 0.25) is 0 Å². The van der Waals surface area contributed by atoms with Gasteiger partial charge < -0.3 is 4.90 Å². The number of aryl methyl sites for hydroxylation is 2. The van der Waals surface area contributed by atoms with Crippen LogP contribution in [0.4, 0.5) is 11.4 Å². The molecule has 1 unspecified atom stereocenters. The minimum atomic E-state index is 0.747. The minimum Gasteiger partial charge on any atom is -0.345 e. The molecule has 2 nitrogen and oxygen atoms in total. The van der Waals surface area contributed by atoms with Crippen molar-refractivity contribution in [3.05, 3.63) is 82.1 Å². The Morgan fingerprint density at radius 2 is 1.63 bits per heavy atom. The van der Waals surface area contributed by atoms with Crippen molar-refractivity contribution in [2.45, 2.75) is 52.4 Å². The predicted octanol–water partition coefficient (Wildman–Crippen LogP) is 6.02. The van der Waals surface area contributed by atoms with Gasteiger partial charge >= 0.3 is 0 Å². The maximum absolute atomic E-state index is 2.60. The minimum absolute atomic E-state index is 0.747. The van der Waals surface area contributed by atoms with Crippen molar-refractivity contribution in [3.8, 4) is 0 Å². The van der Waals surface area contributed by atoms with E-state index in [0.29, 0.717) is 0 Å². The van der Waals surface area contributed by atoms with Crippen LogP contribution < -0.4 is 4.90 Å². The number of anilines is 1. The first kappa shape index (κ1) is 18.2. The number of hydrogen-bond donors (Lipinski definition) is 0. The van der Waals surface area contributed by atoms with E-state index in [2.05, 4.69) is 71.9 Å². The number of allylic oxidation sites excluding steroid dienone is 4. The summed E-state index contributed by atoms with van der Waals surface area (Å²) >= 11 is 0. The van der Waals surface area contributed by atoms with Gasteiger partial charge in [0.2, 0.25) is 5.69 Å². The second-order valence-corrected chi connectivity index (χ2v) is 9.49. The molecule has 1 atom stereocenters. The molecule has 2 heterocycles. The standard InChI is InChI=1S/C28H31N2/c1-19-5-3-7-27-25(19)13-15-29(27)23-11-9-21-10-12-24(18-22(21)17-23)30-16-14-26-20(2)6-4-8-28(26)30/h3-8,17-18,21H,9-16H2,1-2H3/q+1. The fraction of sp³-hybridized carbons (Fsp3) is 0.393. The topological polar surface area (TPSA) is 6.25 Å². The molecule has 0 bridgehead atoms. The van der Waals surface area contributed by atoms with Gasteiger partial charge in [0, 0.05) is 48.5 Å². The summed E-state index contributed by atoms with van der Waals surface area (Å²) in [7, 11) is 0. The van der Waals surface area contributed by atoms with Crippen molar-refractivity contribution in [2.24, 2.45) is 5.92 Å². The summed E-state index contributed by atoms with van der Waals surface area (Å²) in [6.45, 7) is 6.79. The van der Waals surface area contributed by atoms with E-state index in [9.17, 15) is 0 Å². The maximum Gasteiger partial charge on any atom is 0.209 e. The van der Waals surface area contributed by atoms with Crippen molar-refractivity contribution < 1.29 is 4.58 Å². The molecule has 0 saturated carbocycles. The quantitative estimate of drug-likeness (QED) is 0.535. The van der Waals surface area contributed by atoms with Crippen LogP contribution in [0.15, 0.2) is 59.8 Å². The second-order valence-electron chi connectivity index (χ2n) is 9.49. The Balaban J connectivity index is 1.38. The van der Waals surface area contributed by atoms with Gasteiger partial charge in [-0.25, -0.2) is 0 Å². The molecule has 2 aromatic carbocycles. The van der Waals surface area contributed by atoms with Gasteiger partial charge in [0.05, 0.1) is 0 Å². The lowest BCUT2D eigenvalue weighted by Crippen LogP contribution is -2.27. The predicted molar refractivity (Wildman–Crippen MR) is 125 cm³/mol. The molecule has 4 aliphatic rings. The normalized spacial score (nSPS) is 24.9. The number of rotatable bonds is 1. The average Bonchev–Trinajstić information content (AvgIpc) is 3.39. The van der Waals surface area contributed by atoms with Crippen LogP contribution in [0.1, 0.15) is 47.9 Å². The summed E-state index contributed by atoms with van der Waals surface area (Å²) in [5, 5.41) is 0. The molecule has 152 valence electrons. The lowest BCUT2D eigenvalue weighted by molar-refractivity contribution is -0.429. The van der Waals surface area contributed by atoms with Gasteiger partial charge in [-0.1, -0.05) is 24.3 Å². The first-order valence-corrected chi connectivity index (χ1v) is 11.7. The van der Waals surface area contributed by atoms with Gasteiger partial charge in [0.15, 0.2) is 12.3 Å². The van der Waals surface area contributed by atoms with E-state index in [4.69, 9.17) is 0 Å². The van der Waals surface area contributed by atoms with Crippen LogP contribution in [-0.2, 0) is 12.8 Å². The Morgan fingerprint density at radius 3 is 2.53 bits per heavy atom. The van der Waals surface area contributed by atoms with E-state index >= 15 is 0 Å². The van der Waals surface area contributed by atoms with Crippen molar-refractivity contribution in [2.75, 3.05) is 18.0 Å². The molecular formula is C28H31N2+. The lowest BCUT2D eigenvalue weighted by atomic mass is 9.79. The monoisotopic (exact) mass is 395 g/mol. The summed E-state index contributed by atoms with van der Waals surface area (Å²) in [5.74, 6) is 0.747. The smallest absolute Gasteiger partial charge is 0.209 e. The zero-order valence-electron chi connectivity index (χ0n) is 18.2. The van der Waals surface area contributed by atoms with E-state index < -0.39 is 0 Å². The third-order valence-electron chi connectivity index (χ3n) is 7.85. The Bertz CT molecular complexity index is 1130. The largest absolute Gasteiger partial charge is 0.345 e. The van der Waals surface area contributed by atoms with Crippen LogP contribution in [-0.4, -0.2) is 23.4 Å². The van der Waals surface area contributed by atoms with E-state index in [-0.39, 0.29) is 0 Å². The lowest BCUT2D eigenvalue weighted by Gasteiger charge is -2.32. The molecule has 0 amide bonds. The van der Waals surface area contributed by atoms with Gasteiger partial charge in [0.1, 0.15) is 0 Å². The molecule has 2 heteroatoms. The Labute approximate surface area is 180 Å².